The zero-order chi connectivity index (χ0) is 39.3. The van der Waals surface area contributed by atoms with Gasteiger partial charge in [0.05, 0.1) is 6.61 Å². The van der Waals surface area contributed by atoms with Crippen LogP contribution < -0.4 is 0 Å². The van der Waals surface area contributed by atoms with Gasteiger partial charge in [-0.25, -0.2) is 0 Å². The van der Waals surface area contributed by atoms with E-state index in [0.717, 1.165) is 83.5 Å². The van der Waals surface area contributed by atoms with Gasteiger partial charge in [0.2, 0.25) is 0 Å². The molecular weight excluding hydrogens is 669 g/mol. The van der Waals surface area contributed by atoms with Crippen molar-refractivity contribution < 1.29 is 23.8 Å². The number of allylic oxidation sites excluding steroid dienone is 14. The third-order valence-corrected chi connectivity index (χ3v) is 8.90. The number of ether oxygens (including phenoxy) is 3. The first-order valence-corrected chi connectivity index (χ1v) is 22.1. The first-order chi connectivity index (χ1) is 26.6. The molecule has 0 aliphatic carbocycles. The number of esters is 2. The highest BCUT2D eigenvalue weighted by molar-refractivity contribution is 5.70. The molecule has 0 saturated heterocycles. The smallest absolute Gasteiger partial charge is 0.306 e. The van der Waals surface area contributed by atoms with E-state index in [2.05, 4.69) is 106 Å². The first kappa shape index (κ1) is 51.1. The number of carbonyl (C=O) groups excluding carboxylic acids is 2. The Bertz CT molecular complexity index is 1030. The molecule has 0 bridgehead atoms. The number of hydrogen-bond donors (Lipinski definition) is 0. The normalized spacial score (nSPS) is 13.0. The molecule has 0 spiro atoms. The third kappa shape index (κ3) is 41.8. The Morgan fingerprint density at radius 1 is 0.426 bits per heavy atom. The van der Waals surface area contributed by atoms with Crippen molar-refractivity contribution in [3.63, 3.8) is 0 Å². The van der Waals surface area contributed by atoms with Gasteiger partial charge in [-0.2, -0.15) is 0 Å². The van der Waals surface area contributed by atoms with Gasteiger partial charge >= 0.3 is 11.9 Å². The van der Waals surface area contributed by atoms with Gasteiger partial charge in [0.1, 0.15) is 6.61 Å². The van der Waals surface area contributed by atoms with Crippen LogP contribution in [0.2, 0.25) is 0 Å². The molecule has 0 amide bonds. The minimum Gasteiger partial charge on any atom is -0.462 e. The highest BCUT2D eigenvalue weighted by atomic mass is 16.6. The summed E-state index contributed by atoms with van der Waals surface area (Å²) in [6.07, 6.45) is 57.4. The fourth-order valence-electron chi connectivity index (χ4n) is 5.64. The van der Waals surface area contributed by atoms with Gasteiger partial charge in [-0.3, -0.25) is 9.59 Å². The average molecular weight is 751 g/mol. The molecule has 0 aromatic carbocycles. The SMILES string of the molecule is CC/C=C\C/C=C\C/C=C\C/C=C\C/C=C\CCCC(=O)OCC(COCCCCCCCC/C=C\C/C=C\CCC)OC(=O)CCCCCCCCC. The molecule has 0 aliphatic heterocycles. The van der Waals surface area contributed by atoms with E-state index in [-0.39, 0.29) is 25.2 Å². The molecule has 54 heavy (non-hydrogen) atoms. The van der Waals surface area contributed by atoms with Crippen molar-refractivity contribution in [3.8, 4) is 0 Å². The molecule has 308 valence electrons. The van der Waals surface area contributed by atoms with Crippen molar-refractivity contribution in [2.75, 3.05) is 19.8 Å². The summed E-state index contributed by atoms with van der Waals surface area (Å²) in [4.78, 5) is 25.1. The van der Waals surface area contributed by atoms with Crippen LogP contribution in [0.3, 0.4) is 0 Å². The van der Waals surface area contributed by atoms with E-state index in [1.54, 1.807) is 0 Å². The number of hydrogen-bond acceptors (Lipinski definition) is 5. The monoisotopic (exact) mass is 751 g/mol. The van der Waals surface area contributed by atoms with E-state index >= 15 is 0 Å². The van der Waals surface area contributed by atoms with Gasteiger partial charge < -0.3 is 14.2 Å². The van der Waals surface area contributed by atoms with Gasteiger partial charge in [-0.15, -0.1) is 0 Å². The van der Waals surface area contributed by atoms with E-state index < -0.39 is 6.10 Å². The molecule has 1 unspecified atom stereocenters. The lowest BCUT2D eigenvalue weighted by Gasteiger charge is -2.18. The summed E-state index contributed by atoms with van der Waals surface area (Å²) in [6.45, 7) is 7.51. The van der Waals surface area contributed by atoms with Crippen molar-refractivity contribution in [2.24, 2.45) is 0 Å². The summed E-state index contributed by atoms with van der Waals surface area (Å²) >= 11 is 0. The predicted molar refractivity (Wildman–Crippen MR) is 233 cm³/mol. The minimum absolute atomic E-state index is 0.0483. The Balaban J connectivity index is 4.29. The second-order valence-corrected chi connectivity index (χ2v) is 14.2. The van der Waals surface area contributed by atoms with E-state index in [9.17, 15) is 9.59 Å². The Kier molecular flexibility index (Phi) is 42.1. The number of unbranched alkanes of at least 4 members (excludes halogenated alkanes) is 14. The zero-order valence-corrected chi connectivity index (χ0v) is 35.2. The van der Waals surface area contributed by atoms with Crippen molar-refractivity contribution in [3.05, 3.63) is 85.1 Å². The van der Waals surface area contributed by atoms with Gasteiger partial charge in [-0.1, -0.05) is 176 Å². The molecule has 0 saturated carbocycles. The predicted octanol–water partition coefficient (Wildman–Crippen LogP) is 14.6. The highest BCUT2D eigenvalue weighted by Crippen LogP contribution is 2.12. The molecule has 5 nitrogen and oxygen atoms in total. The van der Waals surface area contributed by atoms with Crippen LogP contribution in [0, 0.1) is 0 Å². The van der Waals surface area contributed by atoms with Gasteiger partial charge in [0.15, 0.2) is 6.10 Å². The molecular formula is C49H82O5. The Hall–Kier alpha value is -2.92. The Labute approximate surface area is 333 Å². The van der Waals surface area contributed by atoms with Crippen LogP contribution in [0.15, 0.2) is 85.1 Å². The summed E-state index contributed by atoms with van der Waals surface area (Å²) in [5.74, 6) is -0.482. The van der Waals surface area contributed by atoms with Crippen molar-refractivity contribution in [1.29, 1.82) is 0 Å². The standard InChI is InChI=1S/C49H82O5/c1-4-7-10-13-16-18-20-22-24-25-26-27-29-31-34-36-39-42-48(50)53-46-47(54-49(51)43-40-37-33-15-12-9-6-3)45-52-44-41-38-35-32-30-28-23-21-19-17-14-11-8-5-2/h7,10-11,14,16,18-19,21-22,24,26-27,31,34,47H,4-6,8-9,12-13,15,17,20,23,25,28-30,32-33,35-46H2,1-3H3/b10-7-,14-11-,18-16-,21-19-,24-22-,27-26-,34-31-. The summed E-state index contributed by atoms with van der Waals surface area (Å²) in [7, 11) is 0. The molecule has 0 aliphatic rings. The highest BCUT2D eigenvalue weighted by Gasteiger charge is 2.17. The van der Waals surface area contributed by atoms with E-state index in [1.165, 1.54) is 70.6 Å². The maximum Gasteiger partial charge on any atom is 0.306 e. The van der Waals surface area contributed by atoms with Crippen LogP contribution in [-0.4, -0.2) is 37.9 Å². The first-order valence-electron chi connectivity index (χ1n) is 22.1. The molecule has 0 radical (unpaired) electrons. The summed E-state index contributed by atoms with van der Waals surface area (Å²) < 4.78 is 17.2. The maximum atomic E-state index is 12.6. The number of rotatable bonds is 39. The van der Waals surface area contributed by atoms with Crippen LogP contribution in [0.25, 0.3) is 0 Å². The maximum absolute atomic E-state index is 12.6. The van der Waals surface area contributed by atoms with Crippen LogP contribution in [0.1, 0.15) is 188 Å². The largest absolute Gasteiger partial charge is 0.462 e. The third-order valence-electron chi connectivity index (χ3n) is 8.90. The molecule has 0 aromatic rings. The van der Waals surface area contributed by atoms with Crippen LogP contribution in [-0.2, 0) is 23.8 Å². The van der Waals surface area contributed by atoms with Crippen LogP contribution in [0.5, 0.6) is 0 Å². The quantitative estimate of drug-likeness (QED) is 0.0356. The molecule has 1 atom stereocenters. The van der Waals surface area contributed by atoms with E-state index in [4.69, 9.17) is 14.2 Å². The van der Waals surface area contributed by atoms with E-state index in [1.807, 2.05) is 0 Å². The van der Waals surface area contributed by atoms with Crippen molar-refractivity contribution in [1.82, 2.24) is 0 Å². The summed E-state index contributed by atoms with van der Waals surface area (Å²) in [6, 6.07) is 0. The summed E-state index contributed by atoms with van der Waals surface area (Å²) in [5, 5.41) is 0. The average Bonchev–Trinajstić information content (AvgIpc) is 3.17. The second-order valence-electron chi connectivity index (χ2n) is 14.2. The molecule has 0 N–H and O–H groups in total. The minimum atomic E-state index is -0.563. The molecule has 0 fully saturated rings. The van der Waals surface area contributed by atoms with Crippen molar-refractivity contribution >= 4 is 11.9 Å². The molecule has 5 heteroatoms. The van der Waals surface area contributed by atoms with Gasteiger partial charge in [0.25, 0.3) is 0 Å². The van der Waals surface area contributed by atoms with Gasteiger partial charge in [0, 0.05) is 19.4 Å². The topological polar surface area (TPSA) is 61.8 Å². The molecule has 0 heterocycles. The molecule has 0 rings (SSSR count). The fraction of sp³-hybridized carbons (Fsp3) is 0.673. The van der Waals surface area contributed by atoms with E-state index in [0.29, 0.717) is 19.4 Å². The zero-order valence-electron chi connectivity index (χ0n) is 35.2. The lowest BCUT2D eigenvalue weighted by Crippen LogP contribution is -2.30. The molecule has 0 aromatic heterocycles. The summed E-state index contributed by atoms with van der Waals surface area (Å²) in [5.41, 5.74) is 0. The Morgan fingerprint density at radius 2 is 0.889 bits per heavy atom. The van der Waals surface area contributed by atoms with Crippen LogP contribution in [0.4, 0.5) is 0 Å². The second kappa shape index (κ2) is 44.5. The lowest BCUT2D eigenvalue weighted by atomic mass is 10.1. The van der Waals surface area contributed by atoms with Crippen molar-refractivity contribution in [2.45, 2.75) is 194 Å². The lowest BCUT2D eigenvalue weighted by molar-refractivity contribution is -0.163. The fourth-order valence-corrected chi connectivity index (χ4v) is 5.64. The van der Waals surface area contributed by atoms with Crippen LogP contribution >= 0.6 is 0 Å². The number of carbonyl (C=O) groups is 2. The van der Waals surface area contributed by atoms with Gasteiger partial charge in [-0.05, 0) is 83.5 Å². The Morgan fingerprint density at radius 3 is 1.46 bits per heavy atom.